The van der Waals surface area contributed by atoms with Gasteiger partial charge in [-0.1, -0.05) is 17.7 Å². The van der Waals surface area contributed by atoms with Gasteiger partial charge in [0, 0.05) is 21.0 Å². The van der Waals surface area contributed by atoms with Crippen LogP contribution in [0.3, 0.4) is 0 Å². The zero-order chi connectivity index (χ0) is 12.6. The summed E-state index contributed by atoms with van der Waals surface area (Å²) in [5.74, 6) is 0. The first-order chi connectivity index (χ1) is 7.99. The molecule has 0 bridgehead atoms. The molecule has 5 heteroatoms. The summed E-state index contributed by atoms with van der Waals surface area (Å²) in [5, 5.41) is 1.68. The number of rotatable bonds is 2. The molecule has 1 unspecified atom stereocenters. The molecule has 0 aliphatic heterocycles. The van der Waals surface area contributed by atoms with E-state index in [1.54, 1.807) is 11.3 Å². The number of aromatic nitrogens is 1. The predicted octanol–water partition coefficient (Wildman–Crippen LogP) is 4.55. The number of hydrogen-bond donors (Lipinski definition) is 1. The molecule has 1 aromatic heterocycles. The van der Waals surface area contributed by atoms with Crippen LogP contribution in [0.5, 0.6) is 0 Å². The van der Waals surface area contributed by atoms with E-state index in [0.717, 1.165) is 25.6 Å². The summed E-state index contributed by atoms with van der Waals surface area (Å²) in [4.78, 5) is 5.68. The number of hydrogen-bond acceptors (Lipinski definition) is 3. The highest BCUT2D eigenvalue weighted by Gasteiger charge is 2.13. The second kappa shape index (κ2) is 5.06. The molecule has 1 aromatic carbocycles. The van der Waals surface area contributed by atoms with E-state index in [1.165, 1.54) is 0 Å². The second-order valence-corrected chi connectivity index (χ2v) is 6.18. The first-order valence-electron chi connectivity index (χ1n) is 5.17. The van der Waals surface area contributed by atoms with Crippen molar-refractivity contribution in [3.63, 3.8) is 0 Å². The van der Waals surface area contributed by atoms with Gasteiger partial charge in [0.1, 0.15) is 5.01 Å². The van der Waals surface area contributed by atoms with E-state index >= 15 is 0 Å². The molecular formula is C12H12BrClN2S. The topological polar surface area (TPSA) is 38.9 Å². The van der Waals surface area contributed by atoms with E-state index in [4.69, 9.17) is 17.3 Å². The SMILES string of the molecule is Cc1nc(-c2ccc(Cl)c(Br)c2)sc1C(C)N. The van der Waals surface area contributed by atoms with E-state index in [0.29, 0.717) is 5.02 Å². The molecule has 2 aromatic rings. The molecule has 2 nitrogen and oxygen atoms in total. The number of nitrogens with two attached hydrogens (primary N) is 1. The van der Waals surface area contributed by atoms with Crippen LogP contribution in [0.2, 0.25) is 5.02 Å². The van der Waals surface area contributed by atoms with Gasteiger partial charge in [-0.05, 0) is 41.9 Å². The van der Waals surface area contributed by atoms with E-state index in [2.05, 4.69) is 20.9 Å². The van der Waals surface area contributed by atoms with E-state index in [9.17, 15) is 0 Å². The predicted molar refractivity (Wildman–Crippen MR) is 77.6 cm³/mol. The summed E-state index contributed by atoms with van der Waals surface area (Å²) in [6.07, 6.45) is 0. The fraction of sp³-hybridized carbons (Fsp3) is 0.250. The van der Waals surface area contributed by atoms with Crippen molar-refractivity contribution in [3.8, 4) is 10.6 Å². The number of halogens is 2. The van der Waals surface area contributed by atoms with E-state index < -0.39 is 0 Å². The standard InChI is InChI=1S/C12H12BrClN2S/c1-6(15)11-7(2)16-12(17-11)8-3-4-10(14)9(13)5-8/h3-6H,15H2,1-2H3. The highest BCUT2D eigenvalue weighted by Crippen LogP contribution is 2.34. The fourth-order valence-corrected chi connectivity index (χ4v) is 3.09. The number of aryl methyl sites for hydroxylation is 1. The molecule has 0 aliphatic carbocycles. The first kappa shape index (κ1) is 13.0. The molecule has 2 N–H and O–H groups in total. The molecule has 0 aliphatic rings. The van der Waals surface area contributed by atoms with Crippen molar-refractivity contribution in [1.29, 1.82) is 0 Å². The monoisotopic (exact) mass is 330 g/mol. The lowest BCUT2D eigenvalue weighted by atomic mass is 10.2. The highest BCUT2D eigenvalue weighted by molar-refractivity contribution is 9.10. The van der Waals surface area contributed by atoms with Gasteiger partial charge in [0.15, 0.2) is 0 Å². The molecule has 1 heterocycles. The van der Waals surface area contributed by atoms with E-state index in [1.807, 2.05) is 32.0 Å². The fourth-order valence-electron chi connectivity index (χ4n) is 1.58. The Balaban J connectivity index is 2.46. The van der Waals surface area contributed by atoms with Crippen LogP contribution in [0.4, 0.5) is 0 Å². The summed E-state index contributed by atoms with van der Waals surface area (Å²) in [6.45, 7) is 3.96. The minimum absolute atomic E-state index is 0.0250. The van der Waals surface area contributed by atoms with Gasteiger partial charge in [-0.15, -0.1) is 11.3 Å². The molecule has 2 rings (SSSR count). The third-order valence-electron chi connectivity index (χ3n) is 2.41. The maximum absolute atomic E-state index is 5.97. The number of thiazole rings is 1. The summed E-state index contributed by atoms with van der Waals surface area (Å²) >= 11 is 11.0. The summed E-state index contributed by atoms with van der Waals surface area (Å²) < 4.78 is 0.881. The Labute approximate surface area is 118 Å². The average molecular weight is 332 g/mol. The van der Waals surface area contributed by atoms with Crippen LogP contribution >= 0.6 is 38.9 Å². The Morgan fingerprint density at radius 1 is 1.47 bits per heavy atom. The maximum atomic E-state index is 5.97. The Morgan fingerprint density at radius 3 is 2.71 bits per heavy atom. The lowest BCUT2D eigenvalue weighted by Gasteiger charge is -2.00. The highest BCUT2D eigenvalue weighted by atomic mass is 79.9. The minimum Gasteiger partial charge on any atom is -0.323 e. The van der Waals surface area contributed by atoms with Crippen LogP contribution in [-0.4, -0.2) is 4.98 Å². The van der Waals surface area contributed by atoms with Crippen molar-refractivity contribution >= 4 is 38.9 Å². The zero-order valence-corrected chi connectivity index (χ0v) is 12.7. The van der Waals surface area contributed by atoms with Crippen LogP contribution in [-0.2, 0) is 0 Å². The summed E-state index contributed by atoms with van der Waals surface area (Å²) in [5.41, 5.74) is 7.96. The minimum atomic E-state index is 0.0250. The van der Waals surface area contributed by atoms with Gasteiger partial charge in [0.25, 0.3) is 0 Å². The van der Waals surface area contributed by atoms with Crippen LogP contribution in [0.1, 0.15) is 23.5 Å². The molecular weight excluding hydrogens is 320 g/mol. The lowest BCUT2D eigenvalue weighted by Crippen LogP contribution is -2.03. The Kier molecular flexibility index (Phi) is 3.88. The molecule has 90 valence electrons. The molecule has 0 saturated heterocycles. The van der Waals surface area contributed by atoms with Crippen molar-refractivity contribution in [1.82, 2.24) is 4.98 Å². The summed E-state index contributed by atoms with van der Waals surface area (Å²) in [6, 6.07) is 5.84. The smallest absolute Gasteiger partial charge is 0.123 e. The van der Waals surface area contributed by atoms with Gasteiger partial charge in [0.2, 0.25) is 0 Å². The van der Waals surface area contributed by atoms with Gasteiger partial charge in [-0.25, -0.2) is 4.98 Å². The van der Waals surface area contributed by atoms with Gasteiger partial charge in [-0.2, -0.15) is 0 Å². The number of benzene rings is 1. The van der Waals surface area contributed by atoms with Crippen molar-refractivity contribution in [3.05, 3.63) is 38.3 Å². The van der Waals surface area contributed by atoms with Gasteiger partial charge in [-0.3, -0.25) is 0 Å². The molecule has 1 atom stereocenters. The third kappa shape index (κ3) is 2.71. The van der Waals surface area contributed by atoms with E-state index in [-0.39, 0.29) is 6.04 Å². The van der Waals surface area contributed by atoms with Crippen molar-refractivity contribution in [2.75, 3.05) is 0 Å². The van der Waals surface area contributed by atoms with Crippen molar-refractivity contribution < 1.29 is 0 Å². The molecule has 0 amide bonds. The van der Waals surface area contributed by atoms with Crippen LogP contribution < -0.4 is 5.73 Å². The van der Waals surface area contributed by atoms with Crippen molar-refractivity contribution in [2.24, 2.45) is 5.73 Å². The van der Waals surface area contributed by atoms with Crippen LogP contribution in [0, 0.1) is 6.92 Å². The third-order valence-corrected chi connectivity index (χ3v) is 5.03. The van der Waals surface area contributed by atoms with Crippen LogP contribution in [0.25, 0.3) is 10.6 Å². The van der Waals surface area contributed by atoms with Crippen LogP contribution in [0.15, 0.2) is 22.7 Å². The molecule has 0 radical (unpaired) electrons. The maximum Gasteiger partial charge on any atom is 0.123 e. The quantitative estimate of drug-likeness (QED) is 0.876. The summed E-state index contributed by atoms with van der Waals surface area (Å²) in [7, 11) is 0. The average Bonchev–Trinajstić information content (AvgIpc) is 2.64. The Morgan fingerprint density at radius 2 is 2.18 bits per heavy atom. The normalized spacial score (nSPS) is 12.8. The van der Waals surface area contributed by atoms with Gasteiger partial charge >= 0.3 is 0 Å². The first-order valence-corrected chi connectivity index (χ1v) is 7.16. The lowest BCUT2D eigenvalue weighted by molar-refractivity contribution is 0.825. The zero-order valence-electron chi connectivity index (χ0n) is 9.50. The van der Waals surface area contributed by atoms with Gasteiger partial charge < -0.3 is 5.73 Å². The molecule has 0 saturated carbocycles. The Hall–Kier alpha value is -0.420. The number of nitrogens with zero attached hydrogens (tertiary/aromatic N) is 1. The van der Waals surface area contributed by atoms with Crippen molar-refractivity contribution in [2.45, 2.75) is 19.9 Å². The largest absolute Gasteiger partial charge is 0.323 e. The molecule has 0 fully saturated rings. The van der Waals surface area contributed by atoms with Gasteiger partial charge in [0.05, 0.1) is 10.7 Å². The second-order valence-electron chi connectivity index (χ2n) is 3.89. The molecule has 17 heavy (non-hydrogen) atoms. The Bertz CT molecular complexity index is 551. The molecule has 0 spiro atoms.